The molecule has 0 N–H and O–H groups in total. The number of rotatable bonds is 5. The zero-order chi connectivity index (χ0) is 23.1. The smallest absolute Gasteiger partial charge is 0.447 e. The Bertz CT molecular complexity index is 1010. The van der Waals surface area contributed by atoms with Gasteiger partial charge in [-0.1, -0.05) is 54.1 Å². The van der Waals surface area contributed by atoms with Crippen molar-refractivity contribution in [3.05, 3.63) is 64.7 Å². The first-order valence-corrected chi connectivity index (χ1v) is 11.1. The molecule has 2 aromatic carbocycles. The molecular weight excluding hydrogens is 429 g/mol. The third-order valence-corrected chi connectivity index (χ3v) is 6.80. The second-order valence-electron chi connectivity index (χ2n) is 9.31. The van der Waals surface area contributed by atoms with Crippen molar-refractivity contribution in [3.8, 4) is 0 Å². The van der Waals surface area contributed by atoms with Crippen molar-refractivity contribution in [1.29, 1.82) is 0 Å². The molecule has 2 fully saturated rings. The first-order chi connectivity index (χ1) is 15.1. The van der Waals surface area contributed by atoms with Gasteiger partial charge in [0.05, 0.1) is 23.7 Å². The fourth-order valence-corrected chi connectivity index (χ4v) is 4.20. The summed E-state index contributed by atoms with van der Waals surface area (Å²) in [5, 5.41) is 0.457. The van der Waals surface area contributed by atoms with Crippen molar-refractivity contribution < 1.29 is 23.6 Å². The van der Waals surface area contributed by atoms with Gasteiger partial charge in [-0.3, -0.25) is 4.79 Å². The van der Waals surface area contributed by atoms with Gasteiger partial charge in [-0.15, -0.1) is 0 Å². The normalized spacial score (nSPS) is 21.7. The number of hydrogen-bond donors (Lipinski definition) is 0. The van der Waals surface area contributed by atoms with Crippen LogP contribution >= 0.6 is 11.6 Å². The number of amides is 2. The van der Waals surface area contributed by atoms with Crippen LogP contribution in [0.3, 0.4) is 0 Å². The van der Waals surface area contributed by atoms with E-state index in [1.165, 1.54) is 4.90 Å². The Kier molecular flexibility index (Phi) is 6.09. The van der Waals surface area contributed by atoms with Gasteiger partial charge in [-0.25, -0.2) is 9.69 Å². The van der Waals surface area contributed by atoms with Crippen LogP contribution in [-0.2, 0) is 31.7 Å². The van der Waals surface area contributed by atoms with E-state index >= 15 is 0 Å². The summed E-state index contributed by atoms with van der Waals surface area (Å²) in [5.74, 6) is -0.312. The van der Waals surface area contributed by atoms with Crippen molar-refractivity contribution >= 4 is 36.2 Å². The van der Waals surface area contributed by atoms with Crippen LogP contribution in [0.15, 0.2) is 48.5 Å². The van der Waals surface area contributed by atoms with E-state index in [2.05, 4.69) is 0 Å². The Balaban J connectivity index is 1.46. The lowest BCUT2D eigenvalue weighted by atomic mass is 9.78. The van der Waals surface area contributed by atoms with Gasteiger partial charge in [-0.05, 0) is 51.3 Å². The summed E-state index contributed by atoms with van der Waals surface area (Å²) in [7, 11) is -0.582. The summed E-state index contributed by atoms with van der Waals surface area (Å²) in [6.45, 7) is 8.12. The molecule has 168 valence electrons. The summed E-state index contributed by atoms with van der Waals surface area (Å²) >= 11 is 6.53. The first kappa shape index (κ1) is 22.8. The van der Waals surface area contributed by atoms with Gasteiger partial charge >= 0.3 is 13.2 Å². The van der Waals surface area contributed by atoms with E-state index < -0.39 is 24.4 Å². The van der Waals surface area contributed by atoms with Crippen LogP contribution in [0.4, 0.5) is 4.79 Å². The molecule has 1 atom stereocenters. The van der Waals surface area contributed by atoms with Gasteiger partial charge < -0.3 is 14.0 Å². The minimum absolute atomic E-state index is 0.0454. The van der Waals surface area contributed by atoms with E-state index in [1.54, 1.807) is 6.07 Å². The van der Waals surface area contributed by atoms with Gasteiger partial charge in [0.1, 0.15) is 6.61 Å². The molecule has 8 heteroatoms. The molecule has 2 aliphatic rings. The third-order valence-electron chi connectivity index (χ3n) is 6.47. The highest BCUT2D eigenvalue weighted by molar-refractivity contribution is 6.65. The van der Waals surface area contributed by atoms with Gasteiger partial charge in [0.2, 0.25) is 5.91 Å². The second kappa shape index (κ2) is 8.54. The summed E-state index contributed by atoms with van der Waals surface area (Å²) in [5.41, 5.74) is 1.52. The van der Waals surface area contributed by atoms with Crippen LogP contribution in [-0.4, -0.2) is 47.9 Å². The van der Waals surface area contributed by atoms with Crippen molar-refractivity contribution in [1.82, 2.24) is 4.90 Å². The topological polar surface area (TPSA) is 65.1 Å². The van der Waals surface area contributed by atoms with Crippen molar-refractivity contribution in [3.63, 3.8) is 0 Å². The Hall–Kier alpha value is -2.35. The van der Waals surface area contributed by atoms with Gasteiger partial charge in [0, 0.05) is 10.5 Å². The number of ether oxygens (including phenoxy) is 1. The van der Waals surface area contributed by atoms with Crippen molar-refractivity contribution in [2.45, 2.75) is 57.8 Å². The second-order valence-corrected chi connectivity index (χ2v) is 9.71. The van der Waals surface area contributed by atoms with Crippen LogP contribution in [0, 0.1) is 0 Å². The Morgan fingerprint density at radius 1 is 1.06 bits per heavy atom. The summed E-state index contributed by atoms with van der Waals surface area (Å²) < 4.78 is 17.3. The highest BCUT2D eigenvalue weighted by Crippen LogP contribution is 2.37. The van der Waals surface area contributed by atoms with E-state index in [0.717, 1.165) is 5.56 Å². The zero-order valence-electron chi connectivity index (χ0n) is 18.8. The maximum atomic E-state index is 13.0. The van der Waals surface area contributed by atoms with E-state index in [-0.39, 0.29) is 25.0 Å². The molecule has 6 nitrogen and oxygen atoms in total. The molecule has 0 unspecified atom stereocenters. The van der Waals surface area contributed by atoms with Gasteiger partial charge in [0.25, 0.3) is 0 Å². The zero-order valence-corrected chi connectivity index (χ0v) is 19.5. The van der Waals surface area contributed by atoms with Gasteiger partial charge in [-0.2, -0.15) is 0 Å². The predicted octanol–water partition coefficient (Wildman–Crippen LogP) is 3.77. The van der Waals surface area contributed by atoms with Gasteiger partial charge in [0.15, 0.2) is 0 Å². The third kappa shape index (κ3) is 4.42. The van der Waals surface area contributed by atoms with E-state index in [9.17, 15) is 9.59 Å². The molecule has 0 bridgehead atoms. The molecule has 32 heavy (non-hydrogen) atoms. The van der Waals surface area contributed by atoms with Crippen molar-refractivity contribution in [2.24, 2.45) is 0 Å². The number of carbonyl (C=O) groups excluding carboxylic acids is 2. The highest BCUT2D eigenvalue weighted by atomic mass is 35.5. The standard InChI is InChI=1S/C24H27BClNO5/c1-23(2)24(3,4)32-25(31-23)19-11-10-17(13-20(19)26)14-21(28)27-18(15-30-22(27)29)12-16-8-6-5-7-9-16/h5-11,13,18H,12,14-15H2,1-4H3/t18-/m0/s1. The predicted molar refractivity (Wildman–Crippen MR) is 123 cm³/mol. The first-order valence-electron chi connectivity index (χ1n) is 10.7. The lowest BCUT2D eigenvalue weighted by Gasteiger charge is -2.32. The Morgan fingerprint density at radius 2 is 1.72 bits per heavy atom. The number of nitrogens with zero attached hydrogens (tertiary/aromatic N) is 1. The Morgan fingerprint density at radius 3 is 2.34 bits per heavy atom. The molecule has 0 radical (unpaired) electrons. The van der Waals surface area contributed by atoms with Crippen LogP contribution < -0.4 is 5.46 Å². The molecule has 0 spiro atoms. The molecule has 0 aromatic heterocycles. The summed E-state index contributed by atoms with van der Waals surface area (Å²) in [6.07, 6.45) is -0.000157. The van der Waals surface area contributed by atoms with E-state index in [0.29, 0.717) is 22.5 Å². The van der Waals surface area contributed by atoms with Crippen molar-refractivity contribution in [2.75, 3.05) is 6.61 Å². The summed E-state index contributed by atoms with van der Waals surface area (Å²) in [6, 6.07) is 14.8. The van der Waals surface area contributed by atoms with Crippen LogP contribution in [0.1, 0.15) is 38.8 Å². The average molecular weight is 456 g/mol. The van der Waals surface area contributed by atoms with Crippen LogP contribution in [0.25, 0.3) is 0 Å². The highest BCUT2D eigenvalue weighted by Gasteiger charge is 2.52. The number of carbonyl (C=O) groups is 2. The molecule has 2 aliphatic heterocycles. The molecule has 0 saturated carbocycles. The van der Waals surface area contributed by atoms with E-state index in [1.807, 2.05) is 70.2 Å². The molecular formula is C24H27BClNO5. The lowest BCUT2D eigenvalue weighted by molar-refractivity contribution is -0.128. The average Bonchev–Trinajstić information content (AvgIpc) is 3.17. The minimum Gasteiger partial charge on any atom is -0.447 e. The summed E-state index contributed by atoms with van der Waals surface area (Å²) in [4.78, 5) is 26.5. The minimum atomic E-state index is -0.601. The molecule has 2 saturated heterocycles. The maximum absolute atomic E-state index is 13.0. The molecule has 2 heterocycles. The SMILES string of the molecule is CC1(C)OB(c2ccc(CC(=O)N3C(=O)OC[C@@H]3Cc3ccccc3)cc2Cl)OC1(C)C. The Labute approximate surface area is 193 Å². The molecule has 0 aliphatic carbocycles. The fourth-order valence-electron chi connectivity index (χ4n) is 3.90. The molecule has 2 amide bonds. The van der Waals surface area contributed by atoms with Crippen LogP contribution in [0.5, 0.6) is 0 Å². The number of imide groups is 1. The monoisotopic (exact) mass is 455 g/mol. The number of cyclic esters (lactones) is 1. The number of halogens is 1. The molecule has 2 aromatic rings. The number of benzene rings is 2. The number of hydrogen-bond acceptors (Lipinski definition) is 5. The van der Waals surface area contributed by atoms with Crippen LogP contribution in [0.2, 0.25) is 5.02 Å². The van der Waals surface area contributed by atoms with E-state index in [4.69, 9.17) is 25.6 Å². The lowest BCUT2D eigenvalue weighted by Crippen LogP contribution is -2.41. The largest absolute Gasteiger partial charge is 0.496 e. The fraction of sp³-hybridized carbons (Fsp3) is 0.417. The maximum Gasteiger partial charge on any atom is 0.496 e. The quantitative estimate of drug-likeness (QED) is 0.642. The molecule has 4 rings (SSSR count).